The fourth-order valence-corrected chi connectivity index (χ4v) is 1.47. The Balaban J connectivity index is 2.44. The molecule has 0 aliphatic carbocycles. The third kappa shape index (κ3) is 3.02. The maximum atomic E-state index is 12.0. The van der Waals surface area contributed by atoms with Crippen molar-refractivity contribution < 1.29 is 37.0 Å². The molecule has 0 aliphatic heterocycles. The van der Waals surface area contributed by atoms with E-state index in [1.807, 2.05) is 0 Å². The summed E-state index contributed by atoms with van der Waals surface area (Å²) in [4.78, 5) is 32.7. The number of ether oxygens (including phenoxy) is 1. The van der Waals surface area contributed by atoms with Crippen molar-refractivity contribution in [1.82, 2.24) is 0 Å². The van der Waals surface area contributed by atoms with Crippen molar-refractivity contribution in [2.24, 2.45) is 0 Å². The van der Waals surface area contributed by atoms with Gasteiger partial charge in [0.15, 0.2) is 0 Å². The highest BCUT2D eigenvalue weighted by Gasteiger charge is 2.41. The van der Waals surface area contributed by atoms with E-state index in [1.165, 1.54) is 0 Å². The van der Waals surface area contributed by atoms with Gasteiger partial charge in [-0.1, -0.05) is 0 Å². The van der Waals surface area contributed by atoms with Crippen molar-refractivity contribution in [3.63, 3.8) is 0 Å². The quantitative estimate of drug-likeness (QED) is 0.518. The second-order valence-electron chi connectivity index (χ2n) is 3.84. The molecule has 9 heteroatoms. The molecule has 2 rings (SSSR count). The molecule has 21 heavy (non-hydrogen) atoms. The SMILES string of the molecule is O=C(O)c1cc2ccc(OC(=O)C(F)(F)F)cc2oc1=O. The van der Waals surface area contributed by atoms with Crippen LogP contribution in [0.1, 0.15) is 10.4 Å². The van der Waals surface area contributed by atoms with Crippen LogP contribution >= 0.6 is 0 Å². The molecule has 0 amide bonds. The van der Waals surface area contributed by atoms with Gasteiger partial charge >= 0.3 is 23.7 Å². The normalized spacial score (nSPS) is 11.4. The molecule has 2 aromatic rings. The predicted octanol–water partition coefficient (Wildman–Crippen LogP) is 1.96. The number of rotatable bonds is 2. The molecule has 0 bridgehead atoms. The lowest BCUT2D eigenvalue weighted by Crippen LogP contribution is -2.27. The van der Waals surface area contributed by atoms with Crippen LogP contribution in [-0.2, 0) is 4.79 Å². The van der Waals surface area contributed by atoms with E-state index < -0.39 is 35.1 Å². The molecule has 6 nitrogen and oxygen atoms in total. The van der Waals surface area contributed by atoms with Crippen LogP contribution in [0.3, 0.4) is 0 Å². The van der Waals surface area contributed by atoms with Gasteiger partial charge in [0.25, 0.3) is 0 Å². The fraction of sp³-hybridized carbons (Fsp3) is 0.0833. The summed E-state index contributed by atoms with van der Waals surface area (Å²) in [7, 11) is 0. The van der Waals surface area contributed by atoms with E-state index in [0.717, 1.165) is 24.3 Å². The lowest BCUT2D eigenvalue weighted by Gasteiger charge is -2.07. The van der Waals surface area contributed by atoms with Crippen LogP contribution in [0.4, 0.5) is 13.2 Å². The predicted molar refractivity (Wildman–Crippen MR) is 61.1 cm³/mol. The minimum atomic E-state index is -5.16. The summed E-state index contributed by atoms with van der Waals surface area (Å²) >= 11 is 0. The lowest BCUT2D eigenvalue weighted by molar-refractivity contribution is -0.189. The maximum Gasteiger partial charge on any atom is 0.491 e. The first-order valence-electron chi connectivity index (χ1n) is 5.28. The van der Waals surface area contributed by atoms with Crippen molar-refractivity contribution in [2.75, 3.05) is 0 Å². The van der Waals surface area contributed by atoms with Crippen molar-refractivity contribution in [1.29, 1.82) is 0 Å². The highest BCUT2D eigenvalue weighted by atomic mass is 19.4. The average Bonchev–Trinajstić information content (AvgIpc) is 2.36. The molecule has 0 fully saturated rings. The van der Waals surface area contributed by atoms with Crippen LogP contribution < -0.4 is 10.4 Å². The van der Waals surface area contributed by atoms with Gasteiger partial charge in [-0.2, -0.15) is 13.2 Å². The Labute approximate surface area is 113 Å². The van der Waals surface area contributed by atoms with E-state index in [9.17, 15) is 27.6 Å². The maximum absolute atomic E-state index is 12.0. The standard InChI is InChI=1S/C12H5F3O6/c13-12(14,15)11(19)20-6-2-1-5-3-7(9(16)17)10(18)21-8(5)4-6/h1-4H,(H,16,17). The Hall–Kier alpha value is -2.84. The first-order valence-corrected chi connectivity index (χ1v) is 5.28. The Morgan fingerprint density at radius 1 is 1.19 bits per heavy atom. The Morgan fingerprint density at radius 3 is 2.43 bits per heavy atom. The molecule has 0 saturated heterocycles. The number of aromatic carboxylic acids is 1. The topological polar surface area (TPSA) is 93.8 Å². The highest BCUT2D eigenvalue weighted by Crippen LogP contribution is 2.24. The molecule has 0 saturated carbocycles. The molecule has 1 aromatic carbocycles. The van der Waals surface area contributed by atoms with E-state index >= 15 is 0 Å². The van der Waals surface area contributed by atoms with Crippen LogP contribution in [0.15, 0.2) is 33.5 Å². The van der Waals surface area contributed by atoms with Crippen LogP contribution in [0.5, 0.6) is 5.75 Å². The highest BCUT2D eigenvalue weighted by molar-refractivity contribution is 5.92. The molecule has 0 spiro atoms. The van der Waals surface area contributed by atoms with Crippen LogP contribution in [-0.4, -0.2) is 23.2 Å². The molecule has 0 aliphatic rings. The monoisotopic (exact) mass is 302 g/mol. The number of carboxylic acids is 1. The van der Waals surface area contributed by atoms with Gasteiger partial charge in [0.05, 0.1) is 0 Å². The van der Waals surface area contributed by atoms with Gasteiger partial charge in [0.2, 0.25) is 0 Å². The number of halogens is 3. The lowest BCUT2D eigenvalue weighted by atomic mass is 10.2. The van der Waals surface area contributed by atoms with Gasteiger partial charge in [0, 0.05) is 11.5 Å². The zero-order valence-corrected chi connectivity index (χ0v) is 9.93. The summed E-state index contributed by atoms with van der Waals surface area (Å²) in [6, 6.07) is 4.05. The zero-order valence-electron chi connectivity index (χ0n) is 9.93. The van der Waals surface area contributed by atoms with E-state index in [2.05, 4.69) is 9.15 Å². The fourth-order valence-electron chi connectivity index (χ4n) is 1.47. The van der Waals surface area contributed by atoms with E-state index in [1.54, 1.807) is 0 Å². The molecule has 0 unspecified atom stereocenters. The average molecular weight is 302 g/mol. The summed E-state index contributed by atoms with van der Waals surface area (Å²) in [6.07, 6.45) is -5.16. The molecule has 0 radical (unpaired) electrons. The second-order valence-corrected chi connectivity index (χ2v) is 3.84. The summed E-state index contributed by atoms with van der Waals surface area (Å²) in [5.74, 6) is -4.42. The Morgan fingerprint density at radius 2 is 1.86 bits per heavy atom. The summed E-state index contributed by atoms with van der Waals surface area (Å²) < 4.78 is 44.8. The van der Waals surface area contributed by atoms with Gasteiger partial charge in [-0.05, 0) is 18.2 Å². The summed E-state index contributed by atoms with van der Waals surface area (Å²) in [6.45, 7) is 0. The zero-order chi connectivity index (χ0) is 15.8. The van der Waals surface area contributed by atoms with Gasteiger partial charge in [-0.3, -0.25) is 0 Å². The molecular formula is C12H5F3O6. The number of carboxylic acid groups (broad SMARTS) is 1. The number of alkyl halides is 3. The summed E-state index contributed by atoms with van der Waals surface area (Å²) in [5.41, 5.74) is -2.01. The first kappa shape index (κ1) is 14.6. The van der Waals surface area contributed by atoms with Crippen LogP contribution in [0.25, 0.3) is 11.0 Å². The van der Waals surface area contributed by atoms with Crippen molar-refractivity contribution in [3.8, 4) is 5.75 Å². The molecule has 1 N–H and O–H groups in total. The largest absolute Gasteiger partial charge is 0.491 e. The minimum absolute atomic E-state index is 0.152. The van der Waals surface area contributed by atoms with E-state index in [4.69, 9.17) is 5.11 Å². The van der Waals surface area contributed by atoms with E-state index in [-0.39, 0.29) is 11.0 Å². The smallest absolute Gasteiger partial charge is 0.477 e. The number of carbonyl (C=O) groups excluding carboxylic acids is 1. The molecule has 110 valence electrons. The van der Waals surface area contributed by atoms with Gasteiger partial charge in [-0.25, -0.2) is 14.4 Å². The number of carbonyl (C=O) groups is 2. The number of hydrogen-bond donors (Lipinski definition) is 1. The second kappa shape index (κ2) is 4.93. The van der Waals surface area contributed by atoms with Crippen LogP contribution in [0.2, 0.25) is 0 Å². The van der Waals surface area contributed by atoms with Gasteiger partial charge < -0.3 is 14.3 Å². The first-order chi connectivity index (χ1) is 9.68. The van der Waals surface area contributed by atoms with Crippen LogP contribution in [0, 0.1) is 0 Å². The Bertz CT molecular complexity index is 790. The van der Waals surface area contributed by atoms with Gasteiger partial charge in [-0.15, -0.1) is 0 Å². The van der Waals surface area contributed by atoms with E-state index in [0.29, 0.717) is 0 Å². The molecule has 1 aromatic heterocycles. The number of fused-ring (bicyclic) bond motifs is 1. The number of hydrogen-bond acceptors (Lipinski definition) is 5. The molecular weight excluding hydrogens is 297 g/mol. The van der Waals surface area contributed by atoms with Crippen molar-refractivity contribution in [3.05, 3.63) is 40.2 Å². The number of esters is 1. The third-order valence-corrected chi connectivity index (χ3v) is 2.38. The number of benzene rings is 1. The molecule has 1 heterocycles. The third-order valence-electron chi connectivity index (χ3n) is 2.38. The van der Waals surface area contributed by atoms with Gasteiger partial charge in [0.1, 0.15) is 16.9 Å². The minimum Gasteiger partial charge on any atom is -0.477 e. The van der Waals surface area contributed by atoms with Crippen molar-refractivity contribution in [2.45, 2.75) is 6.18 Å². The van der Waals surface area contributed by atoms with Crippen molar-refractivity contribution >= 4 is 22.9 Å². The summed E-state index contributed by atoms with van der Waals surface area (Å²) in [5, 5.41) is 8.89. The molecule has 0 atom stereocenters. The Kier molecular flexibility index (Phi) is 3.42.